The molecule has 0 heterocycles. The van der Waals surface area contributed by atoms with Crippen molar-refractivity contribution in [2.45, 2.75) is 32.6 Å². The summed E-state index contributed by atoms with van der Waals surface area (Å²) in [5.74, 6) is 0.252. The Labute approximate surface area is 113 Å². The molecule has 2 aromatic carbocycles. The third-order valence-corrected chi connectivity index (χ3v) is 3.31. The summed E-state index contributed by atoms with van der Waals surface area (Å²) in [5, 5.41) is 2.42. The van der Waals surface area contributed by atoms with Gasteiger partial charge < -0.3 is 4.79 Å². The minimum atomic E-state index is 0.0820. The predicted molar refractivity (Wildman–Crippen MR) is 77.2 cm³/mol. The zero-order valence-electron chi connectivity index (χ0n) is 11.2. The lowest BCUT2D eigenvalue weighted by Gasteiger charge is -2.06. The standard InChI is InChI=1S/C17H18O2/c1-13(18)9-11-16(19)12-10-15-7-4-6-14-5-2-3-8-17(14)15/h2-8H,9-12H2,1H3. The average molecular weight is 254 g/mol. The number of carbonyl (C=O) groups excluding carboxylic acids is 2. The molecule has 2 aromatic rings. The van der Waals surface area contributed by atoms with Crippen molar-refractivity contribution in [3.63, 3.8) is 0 Å². The lowest BCUT2D eigenvalue weighted by atomic mass is 9.99. The fraction of sp³-hybridized carbons (Fsp3) is 0.294. The number of benzene rings is 2. The van der Waals surface area contributed by atoms with E-state index in [-0.39, 0.29) is 11.6 Å². The van der Waals surface area contributed by atoms with Crippen LogP contribution in [0.2, 0.25) is 0 Å². The smallest absolute Gasteiger partial charge is 0.133 e. The fourth-order valence-electron chi connectivity index (χ4n) is 2.23. The van der Waals surface area contributed by atoms with Crippen molar-refractivity contribution in [2.75, 3.05) is 0 Å². The summed E-state index contributed by atoms with van der Waals surface area (Å²) >= 11 is 0. The Morgan fingerprint density at radius 2 is 1.63 bits per heavy atom. The molecule has 2 heteroatoms. The summed E-state index contributed by atoms with van der Waals surface area (Å²) in [6.45, 7) is 1.53. The van der Waals surface area contributed by atoms with E-state index in [2.05, 4.69) is 24.3 Å². The quantitative estimate of drug-likeness (QED) is 0.787. The monoisotopic (exact) mass is 254 g/mol. The molecule has 0 unspecified atom stereocenters. The van der Waals surface area contributed by atoms with E-state index in [0.717, 1.165) is 6.42 Å². The maximum absolute atomic E-state index is 11.7. The molecular weight excluding hydrogens is 236 g/mol. The van der Waals surface area contributed by atoms with Gasteiger partial charge in [-0.3, -0.25) is 4.79 Å². The van der Waals surface area contributed by atoms with Crippen LogP contribution in [-0.2, 0) is 16.0 Å². The van der Waals surface area contributed by atoms with Gasteiger partial charge in [0.1, 0.15) is 11.6 Å². The van der Waals surface area contributed by atoms with Gasteiger partial charge in [-0.15, -0.1) is 0 Å². The average Bonchev–Trinajstić information content (AvgIpc) is 2.42. The lowest BCUT2D eigenvalue weighted by molar-refractivity contribution is -0.123. The SMILES string of the molecule is CC(=O)CCC(=O)CCc1cccc2ccccc12. The second kappa shape index (κ2) is 6.28. The van der Waals surface area contributed by atoms with Gasteiger partial charge in [-0.05, 0) is 29.7 Å². The van der Waals surface area contributed by atoms with Gasteiger partial charge in [-0.2, -0.15) is 0 Å². The van der Waals surface area contributed by atoms with Crippen LogP contribution in [0, 0.1) is 0 Å². The van der Waals surface area contributed by atoms with E-state index in [9.17, 15) is 9.59 Å². The van der Waals surface area contributed by atoms with Crippen LogP contribution in [0.1, 0.15) is 31.7 Å². The van der Waals surface area contributed by atoms with Crippen molar-refractivity contribution in [2.24, 2.45) is 0 Å². The predicted octanol–water partition coefficient (Wildman–Crippen LogP) is 3.71. The summed E-state index contributed by atoms with van der Waals surface area (Å²) in [5.41, 5.74) is 1.20. The molecule has 0 N–H and O–H groups in total. The van der Waals surface area contributed by atoms with Gasteiger partial charge in [0, 0.05) is 19.3 Å². The second-order valence-corrected chi connectivity index (χ2v) is 4.88. The Bertz CT molecular complexity index is 594. The van der Waals surface area contributed by atoms with E-state index in [1.54, 1.807) is 0 Å². The van der Waals surface area contributed by atoms with Crippen LogP contribution in [0.4, 0.5) is 0 Å². The normalized spacial score (nSPS) is 10.6. The van der Waals surface area contributed by atoms with Crippen molar-refractivity contribution in [1.29, 1.82) is 0 Å². The van der Waals surface area contributed by atoms with Gasteiger partial charge >= 0.3 is 0 Å². The molecule has 19 heavy (non-hydrogen) atoms. The van der Waals surface area contributed by atoms with Gasteiger partial charge in [-0.1, -0.05) is 42.5 Å². The van der Waals surface area contributed by atoms with Gasteiger partial charge in [0.25, 0.3) is 0 Å². The highest BCUT2D eigenvalue weighted by Crippen LogP contribution is 2.20. The molecule has 0 aliphatic heterocycles. The van der Waals surface area contributed by atoms with Crippen LogP contribution in [-0.4, -0.2) is 11.6 Å². The minimum Gasteiger partial charge on any atom is -0.300 e. The van der Waals surface area contributed by atoms with Gasteiger partial charge in [0.15, 0.2) is 0 Å². The van der Waals surface area contributed by atoms with Crippen molar-refractivity contribution < 1.29 is 9.59 Å². The van der Waals surface area contributed by atoms with Crippen molar-refractivity contribution in [3.8, 4) is 0 Å². The van der Waals surface area contributed by atoms with E-state index in [1.165, 1.54) is 23.3 Å². The molecule has 0 radical (unpaired) electrons. The van der Waals surface area contributed by atoms with Crippen LogP contribution in [0.15, 0.2) is 42.5 Å². The van der Waals surface area contributed by atoms with Gasteiger partial charge in [-0.25, -0.2) is 0 Å². The minimum absolute atomic E-state index is 0.0820. The van der Waals surface area contributed by atoms with Crippen LogP contribution >= 0.6 is 0 Å². The second-order valence-electron chi connectivity index (χ2n) is 4.88. The first-order valence-corrected chi connectivity index (χ1v) is 6.64. The van der Waals surface area contributed by atoms with Gasteiger partial charge in [0.2, 0.25) is 0 Å². The number of Topliss-reactive ketones (excluding diaryl/α,β-unsaturated/α-hetero) is 2. The first-order chi connectivity index (χ1) is 9.16. The Kier molecular flexibility index (Phi) is 4.45. The third-order valence-electron chi connectivity index (χ3n) is 3.31. The van der Waals surface area contributed by atoms with Crippen molar-refractivity contribution in [3.05, 3.63) is 48.0 Å². The Morgan fingerprint density at radius 1 is 0.895 bits per heavy atom. The van der Waals surface area contributed by atoms with Crippen molar-refractivity contribution in [1.82, 2.24) is 0 Å². The van der Waals surface area contributed by atoms with E-state index in [0.29, 0.717) is 19.3 Å². The number of fused-ring (bicyclic) bond motifs is 1. The molecule has 0 fully saturated rings. The largest absolute Gasteiger partial charge is 0.300 e. The van der Waals surface area contributed by atoms with E-state index in [1.807, 2.05) is 18.2 Å². The maximum Gasteiger partial charge on any atom is 0.133 e. The molecule has 0 amide bonds. The van der Waals surface area contributed by atoms with Crippen molar-refractivity contribution >= 4 is 22.3 Å². The highest BCUT2D eigenvalue weighted by Gasteiger charge is 2.06. The van der Waals surface area contributed by atoms with Crippen LogP contribution in [0.3, 0.4) is 0 Å². The number of ketones is 2. The molecule has 0 saturated carbocycles. The van der Waals surface area contributed by atoms with Crippen LogP contribution in [0.5, 0.6) is 0 Å². The molecule has 0 aromatic heterocycles. The molecule has 0 saturated heterocycles. The molecule has 0 aliphatic carbocycles. The molecule has 2 rings (SSSR count). The highest BCUT2D eigenvalue weighted by atomic mass is 16.1. The summed E-state index contributed by atoms with van der Waals surface area (Å²) in [6.07, 6.45) is 2.01. The van der Waals surface area contributed by atoms with Crippen LogP contribution < -0.4 is 0 Å². The highest BCUT2D eigenvalue weighted by molar-refractivity contribution is 5.87. The number of hydrogen-bond donors (Lipinski definition) is 0. The van der Waals surface area contributed by atoms with E-state index >= 15 is 0 Å². The summed E-state index contributed by atoms with van der Waals surface area (Å²) in [4.78, 5) is 22.5. The lowest BCUT2D eigenvalue weighted by Crippen LogP contribution is -2.03. The third kappa shape index (κ3) is 3.75. The summed E-state index contributed by atoms with van der Waals surface area (Å²) in [6, 6.07) is 14.4. The molecular formula is C17H18O2. The molecule has 0 aliphatic rings. The molecule has 0 bridgehead atoms. The molecule has 0 atom stereocenters. The number of hydrogen-bond acceptors (Lipinski definition) is 2. The Hall–Kier alpha value is -1.96. The molecule has 0 spiro atoms. The Balaban J connectivity index is 2.02. The number of carbonyl (C=O) groups is 2. The zero-order chi connectivity index (χ0) is 13.7. The van der Waals surface area contributed by atoms with E-state index in [4.69, 9.17) is 0 Å². The number of aryl methyl sites for hydroxylation is 1. The maximum atomic E-state index is 11.7. The number of rotatable bonds is 6. The first kappa shape index (κ1) is 13.5. The topological polar surface area (TPSA) is 34.1 Å². The Morgan fingerprint density at radius 3 is 2.42 bits per heavy atom. The summed E-state index contributed by atoms with van der Waals surface area (Å²) < 4.78 is 0. The van der Waals surface area contributed by atoms with Crippen LogP contribution in [0.25, 0.3) is 10.8 Å². The fourth-order valence-corrected chi connectivity index (χ4v) is 2.23. The van der Waals surface area contributed by atoms with Gasteiger partial charge in [0.05, 0.1) is 0 Å². The van der Waals surface area contributed by atoms with E-state index < -0.39 is 0 Å². The molecule has 98 valence electrons. The molecule has 2 nitrogen and oxygen atoms in total. The zero-order valence-corrected chi connectivity index (χ0v) is 11.2. The first-order valence-electron chi connectivity index (χ1n) is 6.64. The summed E-state index contributed by atoms with van der Waals surface area (Å²) in [7, 11) is 0.